The second-order valence-electron chi connectivity index (χ2n) is 6.24. The maximum Gasteiger partial charge on any atom is 0.239 e. The number of ether oxygens (including phenoxy) is 1. The highest BCUT2D eigenvalue weighted by molar-refractivity contribution is 7.99. The van der Waals surface area contributed by atoms with Crippen LogP contribution in [-0.2, 0) is 0 Å². The zero-order valence-electron chi connectivity index (χ0n) is 12.6. The van der Waals surface area contributed by atoms with Crippen molar-refractivity contribution in [1.29, 1.82) is 0 Å². The fourth-order valence-electron chi connectivity index (χ4n) is 2.12. The van der Waals surface area contributed by atoms with Crippen LogP contribution in [0.25, 0.3) is 0 Å². The predicted molar refractivity (Wildman–Crippen MR) is 87.6 cm³/mol. The zero-order chi connectivity index (χ0) is 14.6. The monoisotopic (exact) mass is 295 g/mol. The summed E-state index contributed by atoms with van der Waals surface area (Å²) < 4.78 is 5.79. The van der Waals surface area contributed by atoms with Gasteiger partial charge in [0.1, 0.15) is 11.4 Å². The van der Waals surface area contributed by atoms with E-state index in [4.69, 9.17) is 10.5 Å². The average molecular weight is 295 g/mol. The van der Waals surface area contributed by atoms with E-state index in [-0.39, 0.29) is 5.60 Å². The van der Waals surface area contributed by atoms with Gasteiger partial charge in [-0.25, -0.2) is 0 Å². The number of nitrogens with two attached hydrogens (primary N) is 1. The summed E-state index contributed by atoms with van der Waals surface area (Å²) in [5.74, 6) is 4.67. The summed E-state index contributed by atoms with van der Waals surface area (Å²) in [7, 11) is 0. The van der Waals surface area contributed by atoms with Gasteiger partial charge in [0.2, 0.25) is 5.88 Å². The lowest BCUT2D eigenvalue weighted by molar-refractivity contribution is 0.125. The predicted octanol–water partition coefficient (Wildman–Crippen LogP) is 3.40. The number of pyridine rings is 1. The smallest absolute Gasteiger partial charge is 0.239 e. The van der Waals surface area contributed by atoms with Crippen molar-refractivity contribution in [2.45, 2.75) is 39.2 Å². The van der Waals surface area contributed by atoms with Crippen LogP contribution in [0.15, 0.2) is 12.1 Å². The van der Waals surface area contributed by atoms with Gasteiger partial charge in [-0.1, -0.05) is 0 Å². The molecular weight excluding hydrogens is 270 g/mol. The largest absolute Gasteiger partial charge is 0.470 e. The highest BCUT2D eigenvalue weighted by atomic mass is 32.2. The Kier molecular flexibility index (Phi) is 5.02. The summed E-state index contributed by atoms with van der Waals surface area (Å²) in [5, 5.41) is 3.41. The molecule has 1 aliphatic rings. The van der Waals surface area contributed by atoms with E-state index in [0.29, 0.717) is 11.6 Å². The highest BCUT2D eigenvalue weighted by Crippen LogP contribution is 2.26. The van der Waals surface area contributed by atoms with Crippen molar-refractivity contribution in [3.8, 4) is 5.88 Å². The number of nitrogen functional groups attached to an aromatic ring is 1. The molecule has 4 nitrogen and oxygen atoms in total. The Morgan fingerprint density at radius 2 is 2.05 bits per heavy atom. The van der Waals surface area contributed by atoms with Crippen molar-refractivity contribution in [3.05, 3.63) is 12.1 Å². The van der Waals surface area contributed by atoms with E-state index in [1.54, 1.807) is 0 Å². The molecular formula is C15H25N3OS. The molecule has 1 aliphatic heterocycles. The van der Waals surface area contributed by atoms with Gasteiger partial charge >= 0.3 is 0 Å². The van der Waals surface area contributed by atoms with E-state index in [1.165, 1.54) is 24.3 Å². The van der Waals surface area contributed by atoms with Crippen molar-refractivity contribution in [2.24, 2.45) is 5.92 Å². The molecule has 0 spiro atoms. The van der Waals surface area contributed by atoms with Crippen LogP contribution in [0.5, 0.6) is 5.88 Å². The third-order valence-electron chi connectivity index (χ3n) is 3.21. The summed E-state index contributed by atoms with van der Waals surface area (Å²) in [6.07, 6.45) is 2.58. The van der Waals surface area contributed by atoms with Gasteiger partial charge in [-0.05, 0) is 63.2 Å². The van der Waals surface area contributed by atoms with Gasteiger partial charge in [0.25, 0.3) is 0 Å². The minimum absolute atomic E-state index is 0.291. The van der Waals surface area contributed by atoms with Crippen molar-refractivity contribution in [1.82, 2.24) is 4.98 Å². The molecule has 20 heavy (non-hydrogen) atoms. The molecule has 3 N–H and O–H groups in total. The number of thioether (sulfide) groups is 1. The van der Waals surface area contributed by atoms with Crippen LogP contribution in [0.1, 0.15) is 33.6 Å². The summed E-state index contributed by atoms with van der Waals surface area (Å²) in [6, 6.07) is 3.77. The quantitative estimate of drug-likeness (QED) is 0.891. The first kappa shape index (κ1) is 15.3. The summed E-state index contributed by atoms with van der Waals surface area (Å²) >= 11 is 2.05. The van der Waals surface area contributed by atoms with Gasteiger partial charge in [-0.3, -0.25) is 0 Å². The fraction of sp³-hybridized carbons (Fsp3) is 0.667. The summed E-state index contributed by atoms with van der Waals surface area (Å²) in [6.45, 7) is 6.96. The normalized spacial score (nSPS) is 16.9. The molecule has 1 fully saturated rings. The number of nitrogens with one attached hydrogen (secondary N) is 1. The van der Waals surface area contributed by atoms with Crippen LogP contribution in [-0.4, -0.2) is 28.6 Å². The van der Waals surface area contributed by atoms with Gasteiger partial charge in [-0.15, -0.1) is 0 Å². The second kappa shape index (κ2) is 6.57. The Morgan fingerprint density at radius 1 is 1.35 bits per heavy atom. The van der Waals surface area contributed by atoms with Gasteiger partial charge in [0.05, 0.1) is 5.69 Å². The molecule has 0 saturated carbocycles. The molecule has 2 heterocycles. The van der Waals surface area contributed by atoms with E-state index >= 15 is 0 Å². The molecule has 2 rings (SSSR count). The molecule has 0 aromatic carbocycles. The molecule has 112 valence electrons. The van der Waals surface area contributed by atoms with Crippen LogP contribution in [0.3, 0.4) is 0 Å². The maximum atomic E-state index is 5.92. The standard InChI is InChI=1S/C15H25N3OS/c1-15(2,3)19-14-12(16)4-5-13(18-14)17-10-11-6-8-20-9-7-11/h4-5,11H,6-10,16H2,1-3H3,(H,17,18). The van der Waals surface area contributed by atoms with Crippen molar-refractivity contribution >= 4 is 23.3 Å². The minimum atomic E-state index is -0.291. The number of hydrogen-bond acceptors (Lipinski definition) is 5. The first-order chi connectivity index (χ1) is 9.44. The molecule has 0 unspecified atom stereocenters. The Hall–Kier alpha value is -1.10. The molecule has 1 aromatic heterocycles. The van der Waals surface area contributed by atoms with E-state index in [9.17, 15) is 0 Å². The van der Waals surface area contributed by atoms with Crippen LogP contribution in [0.2, 0.25) is 0 Å². The van der Waals surface area contributed by atoms with Crippen LogP contribution >= 0.6 is 11.8 Å². The van der Waals surface area contributed by atoms with Crippen LogP contribution in [0.4, 0.5) is 11.5 Å². The number of nitrogens with zero attached hydrogens (tertiary/aromatic N) is 1. The van der Waals surface area contributed by atoms with Crippen molar-refractivity contribution in [2.75, 3.05) is 29.1 Å². The van der Waals surface area contributed by atoms with E-state index in [2.05, 4.69) is 22.1 Å². The van der Waals surface area contributed by atoms with Gasteiger partial charge in [-0.2, -0.15) is 16.7 Å². The molecule has 0 atom stereocenters. The lowest BCUT2D eigenvalue weighted by Gasteiger charge is -2.23. The number of aromatic nitrogens is 1. The van der Waals surface area contributed by atoms with Crippen LogP contribution in [0, 0.1) is 5.92 Å². The fourth-order valence-corrected chi connectivity index (χ4v) is 3.32. The summed E-state index contributed by atoms with van der Waals surface area (Å²) in [5.41, 5.74) is 6.21. The van der Waals surface area contributed by atoms with Gasteiger partial charge in [0, 0.05) is 6.54 Å². The third kappa shape index (κ3) is 4.78. The number of hydrogen-bond donors (Lipinski definition) is 2. The Labute approximate surface area is 125 Å². The molecule has 0 aliphatic carbocycles. The Morgan fingerprint density at radius 3 is 2.70 bits per heavy atom. The molecule has 5 heteroatoms. The van der Waals surface area contributed by atoms with Crippen molar-refractivity contribution < 1.29 is 4.74 Å². The van der Waals surface area contributed by atoms with E-state index in [1.807, 2.05) is 32.9 Å². The maximum absolute atomic E-state index is 5.92. The third-order valence-corrected chi connectivity index (χ3v) is 4.25. The summed E-state index contributed by atoms with van der Waals surface area (Å²) in [4.78, 5) is 4.48. The first-order valence-corrected chi connectivity index (χ1v) is 8.37. The molecule has 1 aromatic rings. The number of anilines is 2. The van der Waals surface area contributed by atoms with Crippen molar-refractivity contribution in [3.63, 3.8) is 0 Å². The molecule has 0 amide bonds. The second-order valence-corrected chi connectivity index (χ2v) is 7.47. The zero-order valence-corrected chi connectivity index (χ0v) is 13.4. The average Bonchev–Trinajstić information content (AvgIpc) is 2.39. The number of rotatable bonds is 4. The topological polar surface area (TPSA) is 60.2 Å². The molecule has 0 bridgehead atoms. The molecule has 0 radical (unpaired) electrons. The first-order valence-electron chi connectivity index (χ1n) is 7.21. The van der Waals surface area contributed by atoms with Gasteiger partial charge < -0.3 is 15.8 Å². The van der Waals surface area contributed by atoms with E-state index in [0.717, 1.165) is 18.3 Å². The highest BCUT2D eigenvalue weighted by Gasteiger charge is 2.16. The Bertz CT molecular complexity index is 439. The van der Waals surface area contributed by atoms with Gasteiger partial charge in [0.15, 0.2) is 0 Å². The SMILES string of the molecule is CC(C)(C)Oc1nc(NCC2CCSCC2)ccc1N. The van der Waals surface area contributed by atoms with Crippen LogP contribution < -0.4 is 15.8 Å². The lowest BCUT2D eigenvalue weighted by atomic mass is 10.0. The van der Waals surface area contributed by atoms with E-state index < -0.39 is 0 Å². The lowest BCUT2D eigenvalue weighted by Crippen LogP contribution is -2.24. The Balaban J connectivity index is 1.96. The molecule has 1 saturated heterocycles. The minimum Gasteiger partial charge on any atom is -0.470 e.